The van der Waals surface area contributed by atoms with Gasteiger partial charge in [-0.2, -0.15) is 0 Å². The second-order valence-electron chi connectivity index (χ2n) is 15.1. The quantitative estimate of drug-likeness (QED) is 0.0673. The van der Waals surface area contributed by atoms with E-state index in [-0.39, 0.29) is 66.9 Å². The first-order valence-electron chi connectivity index (χ1n) is 18.8. The summed E-state index contributed by atoms with van der Waals surface area (Å²) in [7, 11) is 14.4. The average molecular weight is 910 g/mol. The third kappa shape index (κ3) is 11.1. The van der Waals surface area contributed by atoms with E-state index in [1.54, 1.807) is 0 Å². The number of nitrogens with zero attached hydrogens (tertiary/aromatic N) is 7. The molecule has 0 saturated heterocycles. The standard InChI is InChI=1S/C42H59N7O6.Eu/c1-10-24-48(5,29-40(50)53-7)27-36-20-22-46(44(36)3)38-25-35(34-18-16-33(17-19-34)32-14-12-11-13-15-32)26-39(43(38)2)47-23-21-37(45(47)4)28-49(6,30-41(51)54-8)31-42(52)55-9;/h11-23,25-26,40-42H,10,24,27-31H2,1-9H3;/q+2;+3. The predicted octanol–water partition coefficient (Wildman–Crippen LogP) is 0.377. The summed E-state index contributed by atoms with van der Waals surface area (Å²) in [6.07, 6.45) is 1.38. The molecule has 0 aliphatic rings. The molecule has 0 spiro atoms. The van der Waals surface area contributed by atoms with Gasteiger partial charge in [-0.1, -0.05) is 66.1 Å². The van der Waals surface area contributed by atoms with E-state index in [1.807, 2.05) is 51.6 Å². The minimum atomic E-state index is -1.28. The summed E-state index contributed by atoms with van der Waals surface area (Å²) in [6.45, 7) is 4.67. The van der Waals surface area contributed by atoms with Gasteiger partial charge in [-0.3, -0.25) is 0 Å². The molecule has 14 heteroatoms. The number of hydrogen-bond donors (Lipinski definition) is 0. The molecule has 0 saturated carbocycles. The molecule has 3 heterocycles. The molecule has 0 fully saturated rings. The minimum Gasteiger partial charge on any atom is -0.827 e. The number of aromatic nitrogens is 5. The van der Waals surface area contributed by atoms with E-state index < -0.39 is 18.9 Å². The average Bonchev–Trinajstić information content (AvgIpc) is 3.71. The zero-order chi connectivity index (χ0) is 39.9. The Morgan fingerprint density at radius 2 is 1.00 bits per heavy atom. The largest absolute Gasteiger partial charge is 3.00 e. The molecule has 0 N–H and O–H groups in total. The van der Waals surface area contributed by atoms with E-state index in [4.69, 9.17) is 14.2 Å². The maximum absolute atomic E-state index is 12.6. The molecule has 5 rings (SSSR count). The van der Waals surface area contributed by atoms with Crippen molar-refractivity contribution in [3.8, 4) is 33.9 Å². The van der Waals surface area contributed by atoms with Crippen molar-refractivity contribution in [3.05, 3.63) is 103 Å². The van der Waals surface area contributed by atoms with Gasteiger partial charge >= 0.3 is 61.0 Å². The number of ether oxygens (including phenoxy) is 3. The van der Waals surface area contributed by atoms with Gasteiger partial charge in [-0.15, -0.1) is 9.36 Å². The Morgan fingerprint density at radius 3 is 1.43 bits per heavy atom. The van der Waals surface area contributed by atoms with Crippen molar-refractivity contribution in [2.24, 2.45) is 21.1 Å². The molecule has 0 bridgehead atoms. The molecule has 0 radical (unpaired) electrons. The molecule has 0 aliphatic carbocycles. The molecule has 4 unspecified atom stereocenters. The molecule has 300 valence electrons. The van der Waals surface area contributed by atoms with Gasteiger partial charge < -0.3 is 38.5 Å². The molecular weight excluding hydrogens is 850 g/mol. The van der Waals surface area contributed by atoms with Gasteiger partial charge in [-0.05, 0) is 32.5 Å². The number of pyridine rings is 1. The third-order valence-corrected chi connectivity index (χ3v) is 10.8. The van der Waals surface area contributed by atoms with E-state index in [2.05, 4.69) is 105 Å². The summed E-state index contributed by atoms with van der Waals surface area (Å²) in [6, 6.07) is 27.5. The molecule has 4 atom stereocenters. The fraction of sp³-hybridized carbons (Fsp3) is 0.452. The van der Waals surface area contributed by atoms with Crippen molar-refractivity contribution in [1.29, 1.82) is 0 Å². The van der Waals surface area contributed by atoms with Crippen LogP contribution in [0.4, 0.5) is 0 Å². The Kier molecular flexibility index (Phi) is 16.7. The maximum atomic E-state index is 12.6. The third-order valence-electron chi connectivity index (χ3n) is 10.8. The summed E-state index contributed by atoms with van der Waals surface area (Å²) in [5.74, 6) is 1.83. The van der Waals surface area contributed by atoms with Gasteiger partial charge in [0, 0.05) is 57.9 Å². The van der Waals surface area contributed by atoms with Crippen LogP contribution in [0.5, 0.6) is 0 Å². The van der Waals surface area contributed by atoms with Gasteiger partial charge in [0.05, 0.1) is 66.5 Å². The number of rotatable bonds is 19. The van der Waals surface area contributed by atoms with Crippen LogP contribution in [0, 0.1) is 49.4 Å². The van der Waals surface area contributed by atoms with Crippen molar-refractivity contribution in [2.75, 3.05) is 61.6 Å². The Hall–Kier alpha value is -2.73. The van der Waals surface area contributed by atoms with Crippen LogP contribution >= 0.6 is 0 Å². The van der Waals surface area contributed by atoms with Crippen LogP contribution in [0.25, 0.3) is 33.9 Å². The smallest absolute Gasteiger partial charge is 0.827 e. The van der Waals surface area contributed by atoms with Gasteiger partial charge in [-0.25, -0.2) is 0 Å². The number of hydrogen-bond acceptors (Lipinski definition) is 6. The summed E-state index contributed by atoms with van der Waals surface area (Å²) >= 11 is 0. The van der Waals surface area contributed by atoms with Crippen molar-refractivity contribution in [3.63, 3.8) is 0 Å². The molecule has 0 aliphatic heterocycles. The van der Waals surface area contributed by atoms with Crippen LogP contribution in [0.3, 0.4) is 0 Å². The fourth-order valence-corrected chi connectivity index (χ4v) is 7.56. The maximum Gasteiger partial charge on any atom is 3.00 e. The first-order valence-corrected chi connectivity index (χ1v) is 18.8. The Morgan fingerprint density at radius 1 is 0.607 bits per heavy atom. The number of quaternary nitrogens is 2. The number of likely N-dealkylation sites (N-methyl/N-ethyl adjacent to an activating group) is 2. The minimum absolute atomic E-state index is 0. The summed E-state index contributed by atoms with van der Waals surface area (Å²) in [5, 5.41) is 37.6. The van der Waals surface area contributed by atoms with Gasteiger partial charge in [0.2, 0.25) is 12.4 Å². The molecule has 2 aromatic carbocycles. The van der Waals surface area contributed by atoms with Crippen LogP contribution < -0.4 is 29.3 Å². The molecular formula is C42H59EuN7O6+5. The first kappa shape index (κ1) is 46.0. The van der Waals surface area contributed by atoms with Crippen LogP contribution in [-0.4, -0.2) is 98.8 Å². The molecule has 13 nitrogen and oxygen atoms in total. The van der Waals surface area contributed by atoms with E-state index in [0.29, 0.717) is 24.1 Å². The first-order chi connectivity index (χ1) is 26.2. The number of benzene rings is 2. The normalized spacial score (nSPS) is 15.4. The Bertz CT molecular complexity index is 1990. The van der Waals surface area contributed by atoms with Gasteiger partial charge in [0.25, 0.3) is 0 Å². The van der Waals surface area contributed by atoms with Crippen LogP contribution in [-0.2, 0) is 48.4 Å². The van der Waals surface area contributed by atoms with Crippen molar-refractivity contribution in [2.45, 2.75) is 45.3 Å². The second kappa shape index (κ2) is 20.3. The predicted molar refractivity (Wildman–Crippen MR) is 201 cm³/mol. The van der Waals surface area contributed by atoms with Crippen molar-refractivity contribution >= 4 is 0 Å². The van der Waals surface area contributed by atoms with E-state index in [0.717, 1.165) is 58.2 Å². The van der Waals surface area contributed by atoms with E-state index in [1.165, 1.54) is 21.3 Å². The summed E-state index contributed by atoms with van der Waals surface area (Å²) < 4.78 is 26.6. The summed E-state index contributed by atoms with van der Waals surface area (Å²) in [4.78, 5) is 0. The van der Waals surface area contributed by atoms with E-state index in [9.17, 15) is 15.3 Å². The zero-order valence-corrected chi connectivity index (χ0v) is 36.7. The van der Waals surface area contributed by atoms with Crippen LogP contribution in [0.2, 0.25) is 0 Å². The molecule has 5 aromatic rings. The van der Waals surface area contributed by atoms with E-state index >= 15 is 0 Å². The monoisotopic (exact) mass is 910 g/mol. The van der Waals surface area contributed by atoms with Gasteiger partial charge in [0.1, 0.15) is 24.5 Å². The molecule has 3 aromatic heterocycles. The summed E-state index contributed by atoms with van der Waals surface area (Å²) in [5.41, 5.74) is 6.40. The SMILES string of the molecule is CCC[N+](C)(Cc1cc[n+](-c2cc(-c3ccc(-c4ccccc4)cc3)cc(-[n+]3ccc(C[N+](C)(CC([O-])OC)CC([O-])OC)n3C)[n+]2C)n1C)CC([O-])OC.[Eu+3]. The molecule has 0 amide bonds. The second-order valence-corrected chi connectivity index (χ2v) is 15.1. The van der Waals surface area contributed by atoms with Crippen LogP contribution in [0.15, 0.2) is 91.3 Å². The Labute approximate surface area is 372 Å². The Balaban J connectivity index is 0.00000696. The van der Waals surface area contributed by atoms with Crippen molar-refractivity contribution in [1.82, 2.24) is 9.36 Å². The number of methoxy groups -OCH3 is 3. The topological polar surface area (TPSA) is 118 Å². The van der Waals surface area contributed by atoms with Crippen LogP contribution in [0.1, 0.15) is 24.7 Å². The van der Waals surface area contributed by atoms with Gasteiger partial charge in [0.15, 0.2) is 7.05 Å². The molecule has 56 heavy (non-hydrogen) atoms. The zero-order valence-electron chi connectivity index (χ0n) is 34.3. The van der Waals surface area contributed by atoms with Crippen molar-refractivity contribution < 1.29 is 102 Å². The fourth-order valence-electron chi connectivity index (χ4n) is 7.56.